The average molecular weight is 1550 g/mol. The summed E-state index contributed by atoms with van der Waals surface area (Å²) in [5.41, 5.74) is 40.6. The monoisotopic (exact) mass is 1550 g/mol. The Morgan fingerprint density at radius 3 is 0.934 bits per heavy atom. The Morgan fingerprint density at radius 1 is 0.213 bits per heavy atom. The first-order valence-corrected chi connectivity index (χ1v) is 42.8. The maximum absolute atomic E-state index is 6.35. The van der Waals surface area contributed by atoms with E-state index in [9.17, 15) is 0 Å². The summed E-state index contributed by atoms with van der Waals surface area (Å²) in [5, 5.41) is 4.78. The molecule has 0 amide bonds. The molecule has 122 heavy (non-hydrogen) atoms. The van der Waals surface area contributed by atoms with E-state index in [1.807, 2.05) is 0 Å². The maximum Gasteiger partial charge on any atom is 0.0979 e. The fourth-order valence-electron chi connectivity index (χ4n) is 22.9. The SMILES string of the molecule is C1=CC2c3ccccc3C3(c4cc(-c5ccc(-c6ccc7c(c6)C6(c8ccccc8-c8ccccc86)c6ccccc6-7)c6nc(-c7ccc(-n8c9ccc(-c%10ccccc%10)cc9c9cc(-c%10ccccc%10)ccc98)cc7)c(-c7ccc(-n8c9ccc(-c%10ccccc%10)cc9c9cc(-c%10ccccc%10)ccc98)cc7)nc56)ccc4C4C=CC=CC43)C2C=C1. The van der Waals surface area contributed by atoms with Gasteiger partial charge in [-0.25, -0.2) is 9.97 Å². The van der Waals surface area contributed by atoms with Crippen LogP contribution in [0.2, 0.25) is 0 Å². The number of benzene rings is 17. The lowest BCUT2D eigenvalue weighted by molar-refractivity contribution is 0.312. The first kappa shape index (κ1) is 68.7. The Kier molecular flexibility index (Phi) is 15.0. The Morgan fingerprint density at radius 2 is 0.525 bits per heavy atom. The third-order valence-corrected chi connectivity index (χ3v) is 28.1. The normalized spacial score (nSPS) is 17.5. The first-order valence-electron chi connectivity index (χ1n) is 42.8. The van der Waals surface area contributed by atoms with Crippen LogP contribution in [0, 0.1) is 11.8 Å². The Bertz CT molecular complexity index is 7670. The summed E-state index contributed by atoms with van der Waals surface area (Å²) in [6.07, 6.45) is 19.1. The second-order valence-corrected chi connectivity index (χ2v) is 34.0. The zero-order chi connectivity index (χ0) is 79.9. The van der Waals surface area contributed by atoms with Gasteiger partial charge in [-0.3, -0.25) is 0 Å². The van der Waals surface area contributed by atoms with Crippen LogP contribution in [-0.4, -0.2) is 19.1 Å². The van der Waals surface area contributed by atoms with Crippen molar-refractivity contribution in [2.75, 3.05) is 0 Å². The molecular formula is C118H76N4. The van der Waals surface area contributed by atoms with Crippen LogP contribution in [0.5, 0.6) is 0 Å². The predicted octanol–water partition coefficient (Wildman–Crippen LogP) is 29.5. The van der Waals surface area contributed by atoms with Gasteiger partial charge in [-0.05, 0) is 207 Å². The lowest BCUT2D eigenvalue weighted by atomic mass is 9.61. The molecule has 26 rings (SSSR count). The van der Waals surface area contributed by atoms with Gasteiger partial charge in [0.2, 0.25) is 0 Å². The van der Waals surface area contributed by atoms with Gasteiger partial charge in [-0.2, -0.15) is 0 Å². The van der Waals surface area contributed by atoms with Gasteiger partial charge in [-0.15, -0.1) is 0 Å². The van der Waals surface area contributed by atoms with Crippen LogP contribution in [-0.2, 0) is 10.8 Å². The van der Waals surface area contributed by atoms with Crippen LogP contribution in [0.15, 0.2) is 437 Å². The minimum atomic E-state index is -0.563. The van der Waals surface area contributed by atoms with Gasteiger partial charge in [-0.1, -0.05) is 352 Å². The van der Waals surface area contributed by atoms with Crippen LogP contribution < -0.4 is 0 Å². The number of nitrogens with zero attached hydrogens (tertiary/aromatic N) is 4. The van der Waals surface area contributed by atoms with Crippen molar-refractivity contribution in [2.45, 2.75) is 22.7 Å². The van der Waals surface area contributed by atoms with Gasteiger partial charge >= 0.3 is 0 Å². The molecule has 0 saturated carbocycles. The van der Waals surface area contributed by atoms with Gasteiger partial charge in [0.1, 0.15) is 0 Å². The summed E-state index contributed by atoms with van der Waals surface area (Å²) in [7, 11) is 0. The highest BCUT2D eigenvalue weighted by atomic mass is 15.0. The van der Waals surface area contributed by atoms with E-state index in [2.05, 4.69) is 446 Å². The molecule has 3 heterocycles. The lowest BCUT2D eigenvalue weighted by Crippen LogP contribution is -2.38. The van der Waals surface area contributed by atoms with Crippen LogP contribution in [0.4, 0.5) is 0 Å². The fraction of sp³-hybridized carbons (Fsp3) is 0.0508. The van der Waals surface area contributed by atoms with Crippen molar-refractivity contribution < 1.29 is 0 Å². The van der Waals surface area contributed by atoms with Gasteiger partial charge < -0.3 is 9.13 Å². The minimum absolute atomic E-state index is 0.210. The molecule has 0 fully saturated rings. The summed E-state index contributed by atoms with van der Waals surface area (Å²) in [5.74, 6) is 0.899. The number of hydrogen-bond acceptors (Lipinski definition) is 2. The van der Waals surface area contributed by atoms with E-state index in [4.69, 9.17) is 9.97 Å². The Balaban J connectivity index is 0.716. The zero-order valence-electron chi connectivity index (χ0n) is 66.7. The molecule has 2 spiro atoms. The molecule has 568 valence electrons. The van der Waals surface area contributed by atoms with Crippen LogP contribution in [0.25, 0.3) is 178 Å². The van der Waals surface area contributed by atoms with Crippen molar-refractivity contribution in [3.63, 3.8) is 0 Å². The molecule has 6 aliphatic rings. The van der Waals surface area contributed by atoms with E-state index in [0.29, 0.717) is 0 Å². The molecule has 3 aromatic heterocycles. The third kappa shape index (κ3) is 9.86. The molecule has 0 aliphatic heterocycles. The summed E-state index contributed by atoms with van der Waals surface area (Å²) < 4.78 is 4.89. The average Bonchev–Trinajstić information content (AvgIpc) is 1.51. The van der Waals surface area contributed by atoms with E-state index in [1.165, 1.54) is 133 Å². The van der Waals surface area contributed by atoms with Gasteiger partial charge in [0.05, 0.1) is 49.9 Å². The standard InChI is InChI=1S/C118H76N4/c1-5-25-73(26-6-1)79-51-63-109-97(67-79)98-68-80(74-27-7-2-8-28-74)52-64-110(98)121(109)85-55-45-77(46-56-85)113-114(78-47-57-86(58-48-78)122-111-65-53-81(75-29-9-3-10-30-75)69-99(111)100-70-82(54-66-112(100)122)76-31-11-4-12-32-76)120-116-88(84-50-60-96-94-38-18-24-44-106(94)118(108(96)72-84)103-41-21-15-35-91(103)92-36-16-22-42-104(92)118)62-61-87(115(116)119-113)83-49-59-95-93-37-17-23-43-105(93)117(107(95)71-83)101-39-19-13-33-89(101)90-34-14-20-40-102(90)117/h1-72,89,93,101,105H. The number of aromatic nitrogens is 4. The second kappa shape index (κ2) is 26.6. The largest absolute Gasteiger partial charge is 0.309 e. The summed E-state index contributed by atoms with van der Waals surface area (Å²) in [4.78, 5) is 12.7. The van der Waals surface area contributed by atoms with Gasteiger partial charge in [0.15, 0.2) is 0 Å². The first-order chi connectivity index (χ1) is 60.5. The summed E-state index contributed by atoms with van der Waals surface area (Å²) >= 11 is 0. The highest BCUT2D eigenvalue weighted by Crippen LogP contribution is 2.69. The molecule has 0 radical (unpaired) electrons. The molecule has 20 aromatic rings. The van der Waals surface area contributed by atoms with Crippen LogP contribution in [0.3, 0.4) is 0 Å². The lowest BCUT2D eigenvalue weighted by Gasteiger charge is -2.40. The molecule has 17 aromatic carbocycles. The predicted molar refractivity (Wildman–Crippen MR) is 504 cm³/mol. The third-order valence-electron chi connectivity index (χ3n) is 28.1. The molecular weight excluding hydrogens is 1470 g/mol. The topological polar surface area (TPSA) is 35.6 Å². The molecule has 4 heteroatoms. The number of allylic oxidation sites excluding steroid dienone is 8. The minimum Gasteiger partial charge on any atom is -0.309 e. The quantitative estimate of drug-likeness (QED) is 0.137. The zero-order valence-corrected chi connectivity index (χ0v) is 66.7. The molecule has 5 atom stereocenters. The van der Waals surface area contributed by atoms with Crippen molar-refractivity contribution in [3.8, 4) is 123 Å². The Hall–Kier alpha value is -15.4. The number of fused-ring (bicyclic) bond motifs is 27. The van der Waals surface area contributed by atoms with Crippen LogP contribution >= 0.6 is 0 Å². The van der Waals surface area contributed by atoms with Crippen molar-refractivity contribution in [3.05, 3.63) is 481 Å². The molecule has 0 bridgehead atoms. The van der Waals surface area contributed by atoms with E-state index < -0.39 is 5.41 Å². The fourth-order valence-corrected chi connectivity index (χ4v) is 22.9. The summed E-state index contributed by atoms with van der Waals surface area (Å²) in [6, 6.07) is 146. The van der Waals surface area contributed by atoms with Crippen molar-refractivity contribution in [2.24, 2.45) is 11.8 Å². The molecule has 0 saturated heterocycles. The van der Waals surface area contributed by atoms with Crippen molar-refractivity contribution in [1.29, 1.82) is 0 Å². The maximum atomic E-state index is 6.35. The Labute approximate surface area is 707 Å². The molecule has 4 nitrogen and oxygen atoms in total. The molecule has 6 aliphatic carbocycles. The van der Waals surface area contributed by atoms with E-state index >= 15 is 0 Å². The number of rotatable bonds is 10. The van der Waals surface area contributed by atoms with E-state index in [0.717, 1.165) is 89.2 Å². The van der Waals surface area contributed by atoms with Gasteiger partial charge in [0.25, 0.3) is 0 Å². The highest BCUT2D eigenvalue weighted by molar-refractivity contribution is 6.14. The molecule has 0 N–H and O–H groups in total. The van der Waals surface area contributed by atoms with Crippen LogP contribution in [0.1, 0.15) is 56.3 Å². The second-order valence-electron chi connectivity index (χ2n) is 34.0. The van der Waals surface area contributed by atoms with E-state index in [-0.39, 0.29) is 29.1 Å². The highest BCUT2D eigenvalue weighted by Gasteiger charge is 2.61. The van der Waals surface area contributed by atoms with E-state index in [1.54, 1.807) is 0 Å². The molecule has 5 unspecified atom stereocenters. The summed E-state index contributed by atoms with van der Waals surface area (Å²) in [6.45, 7) is 0. The van der Waals surface area contributed by atoms with Crippen molar-refractivity contribution in [1.82, 2.24) is 19.1 Å². The number of hydrogen-bond donors (Lipinski definition) is 0. The smallest absolute Gasteiger partial charge is 0.0979 e. The van der Waals surface area contributed by atoms with Gasteiger partial charge in [0, 0.05) is 84.3 Å². The van der Waals surface area contributed by atoms with Crippen molar-refractivity contribution >= 4 is 54.6 Å².